The predicted octanol–water partition coefficient (Wildman–Crippen LogP) is 3.09. The van der Waals surface area contributed by atoms with Gasteiger partial charge in [0.15, 0.2) is 0 Å². The highest BCUT2D eigenvalue weighted by Gasteiger charge is 2.18. The molecule has 0 aliphatic carbocycles. The zero-order chi connectivity index (χ0) is 17.3. The maximum absolute atomic E-state index is 12.5. The molecular weight excluding hydrogens is 302 g/mol. The first-order valence-corrected chi connectivity index (χ1v) is 7.41. The molecule has 0 bridgehead atoms. The Labute approximate surface area is 139 Å². The van der Waals surface area contributed by atoms with Crippen LogP contribution in [0.25, 0.3) is 16.9 Å². The van der Waals surface area contributed by atoms with E-state index >= 15 is 0 Å². The van der Waals surface area contributed by atoms with Crippen molar-refractivity contribution in [2.75, 3.05) is 0 Å². The van der Waals surface area contributed by atoms with Crippen molar-refractivity contribution in [1.82, 2.24) is 9.55 Å². The standard InChI is InChI=1S/C19H15N3O2/c1-12-6-8-14(9-7-12)15-10-18(23)22(19(24)16(15)11-20)17-5-3-4-13(2)21-17/h3-10,24H,1-2H3. The molecule has 0 radical (unpaired) electrons. The van der Waals surface area contributed by atoms with Gasteiger partial charge in [-0.1, -0.05) is 35.9 Å². The van der Waals surface area contributed by atoms with Crippen LogP contribution in [-0.2, 0) is 0 Å². The summed E-state index contributed by atoms with van der Waals surface area (Å²) < 4.78 is 1.04. The fourth-order valence-corrected chi connectivity index (χ4v) is 2.54. The minimum atomic E-state index is -0.444. The highest BCUT2D eigenvalue weighted by Crippen LogP contribution is 2.29. The molecule has 0 fully saturated rings. The first-order chi connectivity index (χ1) is 11.5. The maximum atomic E-state index is 12.5. The van der Waals surface area contributed by atoms with Crippen LogP contribution in [0.15, 0.2) is 53.3 Å². The van der Waals surface area contributed by atoms with Gasteiger partial charge < -0.3 is 5.11 Å². The van der Waals surface area contributed by atoms with E-state index < -0.39 is 11.4 Å². The van der Waals surface area contributed by atoms with Gasteiger partial charge >= 0.3 is 0 Å². The second-order valence-electron chi connectivity index (χ2n) is 5.55. The summed E-state index contributed by atoms with van der Waals surface area (Å²) in [6.07, 6.45) is 0. The summed E-state index contributed by atoms with van der Waals surface area (Å²) in [6, 6.07) is 15.9. The Bertz CT molecular complexity index is 1010. The van der Waals surface area contributed by atoms with Crippen LogP contribution in [-0.4, -0.2) is 14.7 Å². The zero-order valence-corrected chi connectivity index (χ0v) is 13.3. The molecule has 0 aliphatic heterocycles. The van der Waals surface area contributed by atoms with Crippen LogP contribution < -0.4 is 5.56 Å². The van der Waals surface area contributed by atoms with Gasteiger partial charge in [0.25, 0.3) is 5.56 Å². The Morgan fingerprint density at radius 3 is 2.46 bits per heavy atom. The summed E-state index contributed by atoms with van der Waals surface area (Å²) in [5.41, 5.74) is 2.48. The van der Waals surface area contributed by atoms with Crippen LogP contribution in [0, 0.1) is 25.2 Å². The van der Waals surface area contributed by atoms with Crippen molar-refractivity contribution in [3.8, 4) is 28.9 Å². The molecule has 0 unspecified atom stereocenters. The van der Waals surface area contributed by atoms with E-state index in [9.17, 15) is 15.2 Å². The molecular formula is C19H15N3O2. The van der Waals surface area contributed by atoms with Crippen molar-refractivity contribution in [2.24, 2.45) is 0 Å². The van der Waals surface area contributed by atoms with Crippen LogP contribution >= 0.6 is 0 Å². The molecule has 1 N–H and O–H groups in total. The van der Waals surface area contributed by atoms with Crippen LogP contribution in [0.2, 0.25) is 0 Å². The smallest absolute Gasteiger partial charge is 0.259 e. The highest BCUT2D eigenvalue weighted by atomic mass is 16.3. The molecule has 2 aromatic heterocycles. The topological polar surface area (TPSA) is 78.9 Å². The molecule has 0 amide bonds. The molecule has 0 saturated heterocycles. The number of nitriles is 1. The van der Waals surface area contributed by atoms with Gasteiger partial charge in [-0.2, -0.15) is 5.26 Å². The Morgan fingerprint density at radius 1 is 1.12 bits per heavy atom. The Morgan fingerprint density at radius 2 is 1.83 bits per heavy atom. The number of benzene rings is 1. The third-order valence-corrected chi connectivity index (χ3v) is 3.77. The largest absolute Gasteiger partial charge is 0.493 e. The Balaban J connectivity index is 2.28. The zero-order valence-electron chi connectivity index (χ0n) is 13.3. The van der Waals surface area contributed by atoms with E-state index in [1.807, 2.05) is 37.3 Å². The number of rotatable bonds is 2. The molecule has 0 atom stereocenters. The van der Waals surface area contributed by atoms with Gasteiger partial charge in [-0.15, -0.1) is 0 Å². The number of nitrogens with zero attached hydrogens (tertiary/aromatic N) is 3. The molecule has 24 heavy (non-hydrogen) atoms. The van der Waals surface area contributed by atoms with Crippen molar-refractivity contribution in [1.29, 1.82) is 5.26 Å². The molecule has 0 saturated carbocycles. The number of hydrogen-bond acceptors (Lipinski definition) is 4. The normalized spacial score (nSPS) is 10.4. The molecule has 3 rings (SSSR count). The summed E-state index contributed by atoms with van der Waals surface area (Å²) >= 11 is 0. The van der Waals surface area contributed by atoms with Gasteiger partial charge in [-0.25, -0.2) is 9.55 Å². The summed E-state index contributed by atoms with van der Waals surface area (Å²) in [5.74, 6) is -0.122. The van der Waals surface area contributed by atoms with Gasteiger partial charge in [0.2, 0.25) is 5.88 Å². The monoisotopic (exact) mass is 317 g/mol. The van der Waals surface area contributed by atoms with Gasteiger partial charge in [0.1, 0.15) is 17.5 Å². The Hall–Kier alpha value is -3.39. The van der Waals surface area contributed by atoms with Gasteiger partial charge in [-0.05, 0) is 31.5 Å². The van der Waals surface area contributed by atoms with Crippen molar-refractivity contribution in [2.45, 2.75) is 13.8 Å². The van der Waals surface area contributed by atoms with E-state index in [-0.39, 0.29) is 11.4 Å². The molecule has 0 spiro atoms. The van der Waals surface area contributed by atoms with Gasteiger partial charge in [-0.3, -0.25) is 4.79 Å². The summed E-state index contributed by atoms with van der Waals surface area (Å²) in [4.78, 5) is 16.8. The Kier molecular flexibility index (Phi) is 3.88. The van der Waals surface area contributed by atoms with Crippen molar-refractivity contribution in [3.05, 3.63) is 75.7 Å². The fourth-order valence-electron chi connectivity index (χ4n) is 2.54. The lowest BCUT2D eigenvalue weighted by molar-refractivity contribution is 0.432. The van der Waals surface area contributed by atoms with Crippen molar-refractivity contribution < 1.29 is 5.11 Å². The summed E-state index contributed by atoms with van der Waals surface area (Å²) in [6.45, 7) is 3.74. The van der Waals surface area contributed by atoms with Gasteiger partial charge in [0, 0.05) is 17.3 Å². The average molecular weight is 317 g/mol. The predicted molar refractivity (Wildman–Crippen MR) is 91.1 cm³/mol. The molecule has 3 aromatic rings. The lowest BCUT2D eigenvalue weighted by Crippen LogP contribution is -2.20. The van der Waals surface area contributed by atoms with Crippen LogP contribution in [0.1, 0.15) is 16.8 Å². The van der Waals surface area contributed by atoms with E-state index in [0.717, 1.165) is 10.1 Å². The first kappa shape index (κ1) is 15.5. The SMILES string of the molecule is Cc1ccc(-c2cc(=O)n(-c3cccc(C)n3)c(O)c2C#N)cc1. The summed E-state index contributed by atoms with van der Waals surface area (Å²) in [5, 5.41) is 20.0. The number of pyridine rings is 2. The average Bonchev–Trinajstić information content (AvgIpc) is 2.55. The van der Waals surface area contributed by atoms with Crippen molar-refractivity contribution >= 4 is 0 Å². The molecule has 0 aliphatic rings. The molecule has 5 heteroatoms. The van der Waals surface area contributed by atoms with Crippen LogP contribution in [0.4, 0.5) is 0 Å². The first-order valence-electron chi connectivity index (χ1n) is 7.41. The number of aromatic hydroxyl groups is 1. The van der Waals surface area contributed by atoms with E-state index in [2.05, 4.69) is 4.98 Å². The third-order valence-electron chi connectivity index (χ3n) is 3.77. The number of aryl methyl sites for hydroxylation is 2. The maximum Gasteiger partial charge on any atom is 0.259 e. The highest BCUT2D eigenvalue weighted by molar-refractivity contribution is 5.73. The minimum Gasteiger partial charge on any atom is -0.493 e. The van der Waals surface area contributed by atoms with Crippen molar-refractivity contribution in [3.63, 3.8) is 0 Å². The third kappa shape index (κ3) is 2.66. The minimum absolute atomic E-state index is 0.0433. The molecule has 2 heterocycles. The fraction of sp³-hybridized carbons (Fsp3) is 0.105. The van der Waals surface area contributed by atoms with Crippen LogP contribution in [0.3, 0.4) is 0 Å². The quantitative estimate of drug-likeness (QED) is 0.787. The van der Waals surface area contributed by atoms with E-state index in [1.165, 1.54) is 6.07 Å². The lowest BCUT2D eigenvalue weighted by Gasteiger charge is -2.12. The lowest BCUT2D eigenvalue weighted by atomic mass is 10.0. The number of aromatic nitrogens is 2. The van der Waals surface area contributed by atoms with Gasteiger partial charge in [0.05, 0.1) is 0 Å². The van der Waals surface area contributed by atoms with E-state index in [0.29, 0.717) is 16.8 Å². The molecule has 1 aromatic carbocycles. The summed E-state index contributed by atoms with van der Waals surface area (Å²) in [7, 11) is 0. The van der Waals surface area contributed by atoms with E-state index in [1.54, 1.807) is 25.1 Å². The van der Waals surface area contributed by atoms with Crippen LogP contribution in [0.5, 0.6) is 5.88 Å². The second-order valence-corrected chi connectivity index (χ2v) is 5.55. The van der Waals surface area contributed by atoms with E-state index in [4.69, 9.17) is 0 Å². The molecule has 118 valence electrons. The second kappa shape index (κ2) is 6.01. The molecule has 5 nitrogen and oxygen atoms in total. The number of hydrogen-bond donors (Lipinski definition) is 1.